The summed E-state index contributed by atoms with van der Waals surface area (Å²) >= 11 is 0. The molecule has 21 heavy (non-hydrogen) atoms. The smallest absolute Gasteiger partial charge is 0.408 e. The van der Waals surface area contributed by atoms with Gasteiger partial charge >= 0.3 is 12.1 Å². The summed E-state index contributed by atoms with van der Waals surface area (Å²) in [7, 11) is 0. The topological polar surface area (TPSA) is 84.9 Å². The van der Waals surface area contributed by atoms with Crippen LogP contribution < -0.4 is 5.32 Å². The minimum Gasteiger partial charge on any atom is -0.458 e. The van der Waals surface area contributed by atoms with Gasteiger partial charge in [0.25, 0.3) is 0 Å². The molecule has 0 bridgehead atoms. The van der Waals surface area contributed by atoms with Gasteiger partial charge in [0, 0.05) is 9.30 Å². The fourth-order valence-corrected chi connectivity index (χ4v) is 1.26. The molecular formula is C15H29NO5. The minimum atomic E-state index is -3.09. The number of rotatable bonds is 5. The fourth-order valence-electron chi connectivity index (χ4n) is 1.26. The maximum absolute atomic E-state index is 12.4. The molecule has 6 nitrogen and oxygen atoms in total. The molecule has 1 amide bonds. The molecule has 124 valence electrons. The Bertz CT molecular complexity index is 492. The lowest BCUT2D eigenvalue weighted by atomic mass is 10.1. The Kier molecular flexibility index (Phi) is 4.86. The molecule has 0 aromatic carbocycles. The van der Waals surface area contributed by atoms with Crippen LogP contribution in [-0.4, -0.2) is 41.0 Å². The lowest BCUT2D eigenvalue weighted by molar-refractivity contribution is -0.158. The van der Waals surface area contributed by atoms with Crippen LogP contribution >= 0.6 is 0 Å². The Labute approximate surface area is 132 Å². The Morgan fingerprint density at radius 1 is 1.19 bits per heavy atom. The Morgan fingerprint density at radius 2 is 1.67 bits per heavy atom. The van der Waals surface area contributed by atoms with E-state index >= 15 is 0 Å². The van der Waals surface area contributed by atoms with Gasteiger partial charge in [0.2, 0.25) is 0 Å². The summed E-state index contributed by atoms with van der Waals surface area (Å²) in [5.74, 6) is -3.45. The zero-order valence-corrected chi connectivity index (χ0v) is 13.7. The molecule has 0 radical (unpaired) electrons. The summed E-state index contributed by atoms with van der Waals surface area (Å²) in [5.41, 5.74) is -1.79. The average Bonchev–Trinajstić information content (AvgIpc) is 2.28. The summed E-state index contributed by atoms with van der Waals surface area (Å²) in [5, 5.41) is 11.7. The molecule has 0 fully saturated rings. The lowest BCUT2D eigenvalue weighted by Crippen LogP contribution is -2.47. The molecule has 0 unspecified atom stereocenters. The van der Waals surface area contributed by atoms with Gasteiger partial charge in [-0.05, 0) is 53.8 Å². The molecule has 0 aromatic heterocycles. The van der Waals surface area contributed by atoms with Crippen LogP contribution in [0.1, 0.15) is 60.3 Å². The van der Waals surface area contributed by atoms with Gasteiger partial charge < -0.3 is 19.9 Å². The molecule has 0 saturated heterocycles. The average molecular weight is 308 g/mol. The number of amides is 1. The molecule has 0 aromatic rings. The first kappa shape index (κ1) is 13.4. The van der Waals surface area contributed by atoms with E-state index in [0.717, 1.165) is 6.92 Å². The number of esters is 1. The molecule has 0 heterocycles. The molecule has 0 aliphatic carbocycles. The van der Waals surface area contributed by atoms with Gasteiger partial charge in [-0.15, -0.1) is 0 Å². The van der Waals surface area contributed by atoms with Crippen LogP contribution in [0.4, 0.5) is 4.79 Å². The Hall–Kier alpha value is -1.30. The van der Waals surface area contributed by atoms with E-state index < -0.39 is 48.2 Å². The van der Waals surface area contributed by atoms with E-state index in [1.807, 2.05) is 0 Å². The number of hydrogen-bond donors (Lipinski definition) is 2. The predicted molar refractivity (Wildman–Crippen MR) is 79.9 cm³/mol. The van der Waals surface area contributed by atoms with Crippen LogP contribution in [0.5, 0.6) is 0 Å². The van der Waals surface area contributed by atoms with E-state index in [2.05, 4.69) is 5.32 Å². The summed E-state index contributed by atoms with van der Waals surface area (Å²) in [6.45, 7) is 7.43. The van der Waals surface area contributed by atoms with Crippen molar-refractivity contribution in [3.8, 4) is 0 Å². The third-order valence-electron chi connectivity index (χ3n) is 1.93. The molecular weight excluding hydrogens is 275 g/mol. The van der Waals surface area contributed by atoms with Crippen LogP contribution in [0.2, 0.25) is 0 Å². The first-order valence-corrected chi connectivity index (χ1v) is 6.65. The van der Waals surface area contributed by atoms with Gasteiger partial charge in [-0.2, -0.15) is 0 Å². The van der Waals surface area contributed by atoms with E-state index in [0.29, 0.717) is 0 Å². The first-order valence-electron chi connectivity index (χ1n) is 8.73. The highest BCUT2D eigenvalue weighted by atomic mass is 16.6. The van der Waals surface area contributed by atoms with Gasteiger partial charge in [0.1, 0.15) is 17.2 Å². The van der Waals surface area contributed by atoms with E-state index in [4.69, 9.17) is 15.0 Å². The van der Waals surface area contributed by atoms with Gasteiger partial charge in [-0.3, -0.25) is 0 Å². The second kappa shape index (κ2) is 7.64. The molecule has 0 rings (SSSR count). The third-order valence-corrected chi connectivity index (χ3v) is 1.93. The van der Waals surface area contributed by atoms with Crippen molar-refractivity contribution in [2.24, 2.45) is 5.89 Å². The van der Waals surface area contributed by atoms with Crippen molar-refractivity contribution in [3.05, 3.63) is 0 Å². The van der Waals surface area contributed by atoms with Crippen molar-refractivity contribution in [1.82, 2.24) is 5.32 Å². The number of carbonyl (C=O) groups is 2. The zero-order chi connectivity index (χ0) is 20.4. The monoisotopic (exact) mass is 308 g/mol. The molecule has 0 aliphatic rings. The standard InChI is InChI=1S/C15H29NO5/c1-10(9-17)8-11(12(18)20-14(2,3)4)16-13(19)21-15(5,6)7/h10-11,17H,8-9H2,1-7H3,(H,16,19)/t10-,11-/m0/s1/i1+1,8D,9D2,10D/t8-,10-,11-. The largest absolute Gasteiger partial charge is 0.458 e. The van der Waals surface area contributed by atoms with E-state index in [1.165, 1.54) is 0 Å². The van der Waals surface area contributed by atoms with Crippen LogP contribution in [-0.2, 0) is 14.3 Å². The van der Waals surface area contributed by atoms with Crippen LogP contribution in [0.3, 0.4) is 0 Å². The highest BCUT2D eigenvalue weighted by molar-refractivity contribution is 5.81. The highest BCUT2D eigenvalue weighted by Gasteiger charge is 2.29. The van der Waals surface area contributed by atoms with E-state index in [9.17, 15) is 14.7 Å². The summed E-state index contributed by atoms with van der Waals surface area (Å²) in [6, 6.07) is -1.71. The van der Waals surface area contributed by atoms with Crippen LogP contribution in [0, 0.1) is 5.89 Å². The molecule has 0 saturated carbocycles. The van der Waals surface area contributed by atoms with Crippen molar-refractivity contribution in [1.29, 1.82) is 0 Å². The second-order valence-electron chi connectivity index (χ2n) is 6.62. The predicted octanol–water partition coefficient (Wildman–Crippen LogP) is 2.24. The number of alkyl carbamates (subject to hydrolysis) is 1. The maximum Gasteiger partial charge on any atom is 0.408 e. The second-order valence-corrected chi connectivity index (χ2v) is 6.62. The van der Waals surface area contributed by atoms with Crippen LogP contribution in [0.25, 0.3) is 0 Å². The first-order chi connectivity index (χ1) is 10.8. The lowest BCUT2D eigenvalue weighted by Gasteiger charge is -2.27. The van der Waals surface area contributed by atoms with Crippen molar-refractivity contribution in [2.45, 2.75) is 72.1 Å². The number of nitrogens with one attached hydrogen (secondary N) is 1. The summed E-state index contributed by atoms with van der Waals surface area (Å²) in [6.07, 6.45) is -2.88. The van der Waals surface area contributed by atoms with Gasteiger partial charge in [0.15, 0.2) is 0 Å². The Balaban J connectivity index is 5.61. The van der Waals surface area contributed by atoms with Crippen molar-refractivity contribution in [3.63, 3.8) is 0 Å². The van der Waals surface area contributed by atoms with Crippen molar-refractivity contribution < 1.29 is 29.7 Å². The molecule has 6 heteroatoms. The van der Waals surface area contributed by atoms with E-state index in [-0.39, 0.29) is 0 Å². The van der Waals surface area contributed by atoms with Crippen LogP contribution in [0.15, 0.2) is 0 Å². The summed E-state index contributed by atoms with van der Waals surface area (Å²) < 4.78 is 40.9. The van der Waals surface area contributed by atoms with E-state index in [1.54, 1.807) is 41.5 Å². The molecule has 2 N–H and O–H groups in total. The van der Waals surface area contributed by atoms with Gasteiger partial charge in [-0.1, -0.05) is 6.92 Å². The summed E-state index contributed by atoms with van der Waals surface area (Å²) in [4.78, 5) is 24.4. The minimum absolute atomic E-state index is 0.865. The number of ether oxygens (including phenoxy) is 2. The number of hydrogen-bond acceptors (Lipinski definition) is 5. The van der Waals surface area contributed by atoms with Crippen molar-refractivity contribution in [2.75, 3.05) is 6.56 Å². The normalized spacial score (nSPS) is 21.5. The molecule has 3 atom stereocenters. The SMILES string of the molecule is [2H][C@H]([C@H](NC(=O)OC(C)(C)C)C(=O)OC(C)(C)C)[C@]([2H])([13CH3])C([2H])([2H])O. The zero-order valence-electron chi connectivity index (χ0n) is 17.7. The van der Waals surface area contributed by atoms with Crippen molar-refractivity contribution >= 4 is 12.1 Å². The quantitative estimate of drug-likeness (QED) is 0.601. The van der Waals surface area contributed by atoms with Gasteiger partial charge in [-0.25, -0.2) is 9.59 Å². The maximum atomic E-state index is 12.4. The Morgan fingerprint density at radius 3 is 2.05 bits per heavy atom. The number of aliphatic hydroxyl groups is 1. The fraction of sp³-hybridized carbons (Fsp3) is 0.867. The molecule has 0 aliphatic heterocycles. The number of carbonyl (C=O) groups excluding carboxylic acids is 2. The van der Waals surface area contributed by atoms with Gasteiger partial charge in [0.05, 0.1) is 2.74 Å². The highest BCUT2D eigenvalue weighted by Crippen LogP contribution is 2.14. The third kappa shape index (κ3) is 10.1. The molecule has 0 spiro atoms.